The van der Waals surface area contributed by atoms with E-state index in [0.717, 1.165) is 29.1 Å². The molecule has 1 fully saturated rings. The monoisotopic (exact) mass is 603 g/mol. The highest BCUT2D eigenvalue weighted by Crippen LogP contribution is 2.32. The molecular formula is C33H32F3N5O3. The largest absolute Gasteiger partial charge is 0.495 e. The Hall–Kier alpha value is -5.19. The maximum absolute atomic E-state index is 13.5. The quantitative estimate of drug-likeness (QED) is 0.211. The van der Waals surface area contributed by atoms with Crippen molar-refractivity contribution in [3.8, 4) is 5.75 Å². The lowest BCUT2D eigenvalue weighted by molar-refractivity contribution is -0.137. The Morgan fingerprint density at radius 2 is 1.39 bits per heavy atom. The van der Waals surface area contributed by atoms with Crippen molar-refractivity contribution in [1.29, 1.82) is 0 Å². The van der Waals surface area contributed by atoms with E-state index in [1.54, 1.807) is 25.3 Å². The van der Waals surface area contributed by atoms with Gasteiger partial charge >= 0.3 is 12.2 Å². The van der Waals surface area contributed by atoms with Crippen LogP contribution in [-0.2, 0) is 12.7 Å². The molecule has 0 aromatic heterocycles. The number of piperazine rings is 1. The Balaban J connectivity index is 1.33. The first-order valence-corrected chi connectivity index (χ1v) is 14.1. The molecule has 0 saturated carbocycles. The van der Waals surface area contributed by atoms with Gasteiger partial charge in [-0.15, -0.1) is 0 Å². The summed E-state index contributed by atoms with van der Waals surface area (Å²) in [6.07, 6.45) is -4.54. The molecule has 5 rings (SSSR count). The van der Waals surface area contributed by atoms with E-state index in [9.17, 15) is 22.8 Å². The molecule has 4 aromatic carbocycles. The number of urea groups is 1. The maximum Gasteiger partial charge on any atom is 0.416 e. The molecule has 8 nitrogen and oxygen atoms in total. The van der Waals surface area contributed by atoms with Crippen LogP contribution in [0.4, 0.5) is 40.7 Å². The van der Waals surface area contributed by atoms with Gasteiger partial charge < -0.3 is 30.5 Å². The summed E-state index contributed by atoms with van der Waals surface area (Å²) in [4.78, 5) is 30.6. The average Bonchev–Trinajstić information content (AvgIpc) is 3.04. The molecule has 1 saturated heterocycles. The van der Waals surface area contributed by atoms with Gasteiger partial charge in [-0.3, -0.25) is 4.79 Å². The van der Waals surface area contributed by atoms with Crippen molar-refractivity contribution < 1.29 is 27.5 Å². The number of alkyl halides is 3. The lowest BCUT2D eigenvalue weighted by atomic mass is 10.1. The first-order valence-electron chi connectivity index (χ1n) is 14.1. The van der Waals surface area contributed by atoms with E-state index in [1.165, 1.54) is 12.1 Å². The number of hydrogen-bond acceptors (Lipinski definition) is 5. The van der Waals surface area contributed by atoms with Crippen molar-refractivity contribution in [3.05, 3.63) is 114 Å². The number of amides is 3. The van der Waals surface area contributed by atoms with E-state index in [2.05, 4.69) is 25.8 Å². The van der Waals surface area contributed by atoms with Gasteiger partial charge in [-0.2, -0.15) is 13.2 Å². The van der Waals surface area contributed by atoms with Gasteiger partial charge in [0.25, 0.3) is 5.91 Å². The third kappa shape index (κ3) is 7.41. The third-order valence-corrected chi connectivity index (χ3v) is 7.29. The first kappa shape index (κ1) is 30.3. The van der Waals surface area contributed by atoms with Crippen LogP contribution in [0.3, 0.4) is 0 Å². The fourth-order valence-corrected chi connectivity index (χ4v) is 5.09. The summed E-state index contributed by atoms with van der Waals surface area (Å²) >= 11 is 0. The second kappa shape index (κ2) is 13.4. The number of benzene rings is 4. The lowest BCUT2D eigenvalue weighted by Crippen LogP contribution is -2.47. The number of carbonyl (C=O) groups excluding carboxylic acids is 2. The van der Waals surface area contributed by atoms with Gasteiger partial charge in [-0.05, 0) is 54.1 Å². The van der Waals surface area contributed by atoms with Crippen LogP contribution in [0.5, 0.6) is 5.75 Å². The van der Waals surface area contributed by atoms with Crippen LogP contribution in [0, 0.1) is 0 Å². The molecule has 0 radical (unpaired) electrons. The fourth-order valence-electron chi connectivity index (χ4n) is 5.09. The van der Waals surface area contributed by atoms with Crippen molar-refractivity contribution in [2.75, 3.05) is 53.7 Å². The predicted molar refractivity (Wildman–Crippen MR) is 166 cm³/mol. The standard InChI is InChI=1S/C33H32F3N5O3/c1-44-30-13-6-5-12-29(30)41-18-16-40(17-19-41)28-15-14-26(21-27(28)31(42)37-22-23-8-3-2-4-9-23)39-32(43)38-25-11-7-10-24(20-25)33(34,35)36/h2-15,20-21H,16-19,22H2,1H3,(H,37,42)(H2,38,39,43). The van der Waals surface area contributed by atoms with Gasteiger partial charge in [0.05, 0.1) is 23.9 Å². The van der Waals surface area contributed by atoms with E-state index >= 15 is 0 Å². The second-order valence-electron chi connectivity index (χ2n) is 10.2. The number of anilines is 4. The molecule has 4 aromatic rings. The Labute approximate surface area is 253 Å². The molecular weight excluding hydrogens is 571 g/mol. The number of nitrogens with zero attached hydrogens (tertiary/aromatic N) is 2. The van der Waals surface area contributed by atoms with E-state index in [4.69, 9.17) is 4.74 Å². The zero-order valence-electron chi connectivity index (χ0n) is 24.0. The highest BCUT2D eigenvalue weighted by Gasteiger charge is 2.30. The summed E-state index contributed by atoms with van der Waals surface area (Å²) in [6.45, 7) is 2.99. The van der Waals surface area contributed by atoms with E-state index in [-0.39, 0.29) is 11.6 Å². The molecule has 0 atom stereocenters. The molecule has 1 heterocycles. The Kier molecular flexibility index (Phi) is 9.23. The summed E-state index contributed by atoms with van der Waals surface area (Å²) < 4.78 is 44.8. The number of methoxy groups -OCH3 is 1. The molecule has 11 heteroatoms. The molecule has 44 heavy (non-hydrogen) atoms. The van der Waals surface area contributed by atoms with Crippen molar-refractivity contribution in [1.82, 2.24) is 5.32 Å². The predicted octanol–water partition coefficient (Wildman–Crippen LogP) is 6.61. The van der Waals surface area contributed by atoms with E-state index < -0.39 is 17.8 Å². The molecule has 228 valence electrons. The van der Waals surface area contributed by atoms with Crippen molar-refractivity contribution in [2.24, 2.45) is 0 Å². The molecule has 0 bridgehead atoms. The maximum atomic E-state index is 13.5. The van der Waals surface area contributed by atoms with Crippen LogP contribution in [0.2, 0.25) is 0 Å². The Morgan fingerprint density at radius 3 is 2.07 bits per heavy atom. The van der Waals surface area contributed by atoms with Gasteiger partial charge in [0.1, 0.15) is 5.75 Å². The zero-order valence-corrected chi connectivity index (χ0v) is 24.0. The van der Waals surface area contributed by atoms with Gasteiger partial charge in [0.15, 0.2) is 0 Å². The molecule has 1 aliphatic heterocycles. The van der Waals surface area contributed by atoms with Crippen LogP contribution in [0.1, 0.15) is 21.5 Å². The lowest BCUT2D eigenvalue weighted by Gasteiger charge is -2.38. The van der Waals surface area contributed by atoms with Crippen LogP contribution in [0.15, 0.2) is 97.1 Å². The summed E-state index contributed by atoms with van der Waals surface area (Å²) in [7, 11) is 1.64. The minimum Gasteiger partial charge on any atom is -0.495 e. The normalized spacial score (nSPS) is 13.3. The van der Waals surface area contributed by atoms with Gasteiger partial charge in [0, 0.05) is 49.8 Å². The molecule has 0 spiro atoms. The van der Waals surface area contributed by atoms with Crippen molar-refractivity contribution in [2.45, 2.75) is 12.7 Å². The Morgan fingerprint density at radius 1 is 0.750 bits per heavy atom. The molecule has 3 N–H and O–H groups in total. The van der Waals surface area contributed by atoms with Gasteiger partial charge in [-0.1, -0.05) is 48.5 Å². The number of carbonyl (C=O) groups is 2. The SMILES string of the molecule is COc1ccccc1N1CCN(c2ccc(NC(=O)Nc3cccc(C(F)(F)F)c3)cc2C(=O)NCc2ccccc2)CC1. The summed E-state index contributed by atoms with van der Waals surface area (Å²) in [5.41, 5.74) is 2.44. The molecule has 3 amide bonds. The highest BCUT2D eigenvalue weighted by atomic mass is 19.4. The van der Waals surface area contributed by atoms with Crippen LogP contribution < -0.4 is 30.5 Å². The summed E-state index contributed by atoms with van der Waals surface area (Å²) in [5, 5.41) is 8.02. The van der Waals surface area contributed by atoms with Crippen LogP contribution in [-0.4, -0.2) is 45.2 Å². The third-order valence-electron chi connectivity index (χ3n) is 7.29. The average molecular weight is 604 g/mol. The van der Waals surface area contributed by atoms with Gasteiger partial charge in [-0.25, -0.2) is 4.79 Å². The summed E-state index contributed by atoms with van der Waals surface area (Å²) in [6, 6.07) is 26.0. The summed E-state index contributed by atoms with van der Waals surface area (Å²) in [5.74, 6) is 0.471. The minimum absolute atomic E-state index is 0.0114. The van der Waals surface area contributed by atoms with E-state index in [0.29, 0.717) is 49.7 Å². The van der Waals surface area contributed by atoms with Crippen LogP contribution in [0.25, 0.3) is 0 Å². The molecule has 1 aliphatic rings. The number of rotatable bonds is 8. The topological polar surface area (TPSA) is 85.9 Å². The molecule has 0 aliphatic carbocycles. The first-order chi connectivity index (χ1) is 21.2. The smallest absolute Gasteiger partial charge is 0.416 e. The van der Waals surface area contributed by atoms with Crippen molar-refractivity contribution >= 4 is 34.7 Å². The zero-order chi connectivity index (χ0) is 31.1. The number of para-hydroxylation sites is 2. The van der Waals surface area contributed by atoms with Gasteiger partial charge in [0.2, 0.25) is 0 Å². The van der Waals surface area contributed by atoms with E-state index in [1.807, 2.05) is 54.6 Å². The molecule has 0 unspecified atom stereocenters. The minimum atomic E-state index is -4.54. The number of nitrogens with one attached hydrogen (secondary N) is 3. The second-order valence-corrected chi connectivity index (χ2v) is 10.2. The Bertz CT molecular complexity index is 1610. The van der Waals surface area contributed by atoms with Crippen molar-refractivity contribution in [3.63, 3.8) is 0 Å². The number of hydrogen-bond donors (Lipinski definition) is 3. The highest BCUT2D eigenvalue weighted by molar-refractivity contribution is 6.04. The number of ether oxygens (including phenoxy) is 1. The number of halogens is 3. The fraction of sp³-hybridized carbons (Fsp3) is 0.212. The van der Waals surface area contributed by atoms with Crippen LogP contribution >= 0.6 is 0 Å².